The number of nitriles is 1. The number of carboxylic acid groups (broad SMARTS) is 1. The van der Waals surface area contributed by atoms with Gasteiger partial charge in [0, 0.05) is 16.9 Å². The fourth-order valence-corrected chi connectivity index (χ4v) is 1.49. The lowest BCUT2D eigenvalue weighted by atomic mass is 10.2. The number of amides is 1. The molecule has 0 spiro atoms. The van der Waals surface area contributed by atoms with Gasteiger partial charge in [-0.15, -0.1) is 0 Å². The number of carbonyl (C=O) groups excluding carboxylic acids is 1. The molecule has 0 heterocycles. The molecule has 0 unspecified atom stereocenters. The fraction of sp³-hybridized carbons (Fsp3) is 0.154. The molecule has 0 aliphatic rings. The summed E-state index contributed by atoms with van der Waals surface area (Å²) >= 11 is 5.94. The Morgan fingerprint density at radius 1 is 1.50 bits per heavy atom. The molecule has 20 heavy (non-hydrogen) atoms. The van der Waals surface area contributed by atoms with Crippen molar-refractivity contribution in [3.8, 4) is 6.07 Å². The second kappa shape index (κ2) is 7.16. The minimum Gasteiger partial charge on any atom is -0.480 e. The molecule has 0 fully saturated rings. The predicted octanol–water partition coefficient (Wildman–Crippen LogP) is 1.67. The van der Waals surface area contributed by atoms with Crippen LogP contribution in [0.15, 0.2) is 30.0 Å². The molecule has 1 aromatic carbocycles. The molecule has 0 atom stereocenters. The van der Waals surface area contributed by atoms with Crippen molar-refractivity contribution in [3.63, 3.8) is 0 Å². The van der Waals surface area contributed by atoms with Crippen molar-refractivity contribution in [2.24, 2.45) is 0 Å². The molecule has 1 aromatic rings. The summed E-state index contributed by atoms with van der Waals surface area (Å²) < 4.78 is 0. The second-order valence-corrected chi connectivity index (χ2v) is 4.21. The van der Waals surface area contributed by atoms with Gasteiger partial charge in [-0.05, 0) is 24.6 Å². The van der Waals surface area contributed by atoms with Gasteiger partial charge in [-0.25, -0.2) is 0 Å². The Hall–Kier alpha value is -2.52. The zero-order valence-corrected chi connectivity index (χ0v) is 11.4. The number of nitrogens with zero attached hydrogens (tertiary/aromatic N) is 1. The lowest BCUT2D eigenvalue weighted by Gasteiger charge is -2.07. The Morgan fingerprint density at radius 3 is 2.80 bits per heavy atom. The van der Waals surface area contributed by atoms with E-state index >= 15 is 0 Å². The standard InChI is InChI=1S/C13H12ClN3O3/c1-8-10(14)3-2-4-11(8)16-6-9(5-15)13(20)17-7-12(18)19/h2-4,6,16H,7H2,1H3,(H,17,20)(H,18,19)/b9-6-. The van der Waals surface area contributed by atoms with Crippen molar-refractivity contribution in [3.05, 3.63) is 40.6 Å². The molecule has 0 aromatic heterocycles. The molecule has 1 amide bonds. The van der Waals surface area contributed by atoms with Crippen molar-refractivity contribution in [2.75, 3.05) is 11.9 Å². The van der Waals surface area contributed by atoms with E-state index in [1.165, 1.54) is 6.20 Å². The third-order valence-corrected chi connectivity index (χ3v) is 2.81. The number of nitrogens with one attached hydrogen (secondary N) is 2. The summed E-state index contributed by atoms with van der Waals surface area (Å²) in [5, 5.41) is 22.8. The first-order valence-electron chi connectivity index (χ1n) is 5.57. The van der Waals surface area contributed by atoms with Crippen LogP contribution >= 0.6 is 11.6 Å². The van der Waals surface area contributed by atoms with Gasteiger partial charge in [0.15, 0.2) is 0 Å². The van der Waals surface area contributed by atoms with Gasteiger partial charge in [-0.3, -0.25) is 9.59 Å². The number of benzene rings is 1. The largest absolute Gasteiger partial charge is 0.480 e. The van der Waals surface area contributed by atoms with E-state index in [1.54, 1.807) is 31.2 Å². The first kappa shape index (κ1) is 15.5. The molecular formula is C13H12ClN3O3. The van der Waals surface area contributed by atoms with E-state index in [-0.39, 0.29) is 5.57 Å². The molecule has 6 nitrogen and oxygen atoms in total. The highest BCUT2D eigenvalue weighted by atomic mass is 35.5. The average molecular weight is 294 g/mol. The summed E-state index contributed by atoms with van der Waals surface area (Å²) in [6.07, 6.45) is 1.20. The van der Waals surface area contributed by atoms with Crippen molar-refractivity contribution >= 4 is 29.2 Å². The van der Waals surface area contributed by atoms with Gasteiger partial charge in [0.25, 0.3) is 5.91 Å². The number of hydrogen-bond acceptors (Lipinski definition) is 4. The van der Waals surface area contributed by atoms with E-state index in [1.807, 2.05) is 0 Å². The molecule has 104 valence electrons. The zero-order chi connectivity index (χ0) is 15.1. The lowest BCUT2D eigenvalue weighted by molar-refractivity contribution is -0.137. The topological polar surface area (TPSA) is 102 Å². The quantitative estimate of drug-likeness (QED) is 0.566. The van der Waals surface area contributed by atoms with E-state index in [4.69, 9.17) is 22.0 Å². The van der Waals surface area contributed by atoms with E-state index < -0.39 is 18.4 Å². The number of carboxylic acids is 1. The van der Waals surface area contributed by atoms with Crippen LogP contribution in [0.25, 0.3) is 0 Å². The molecular weight excluding hydrogens is 282 g/mol. The van der Waals surface area contributed by atoms with Crippen LogP contribution in [0.4, 0.5) is 5.69 Å². The molecule has 3 N–H and O–H groups in total. The van der Waals surface area contributed by atoms with Gasteiger partial charge < -0.3 is 15.7 Å². The minimum absolute atomic E-state index is 0.231. The summed E-state index contributed by atoms with van der Waals surface area (Å²) in [6.45, 7) is 1.24. The monoisotopic (exact) mass is 293 g/mol. The van der Waals surface area contributed by atoms with Crippen molar-refractivity contribution in [1.29, 1.82) is 5.26 Å². The summed E-state index contributed by atoms with van der Waals surface area (Å²) in [7, 11) is 0. The first-order chi connectivity index (χ1) is 9.45. The second-order valence-electron chi connectivity index (χ2n) is 3.80. The highest BCUT2D eigenvalue weighted by Gasteiger charge is 2.10. The van der Waals surface area contributed by atoms with Crippen LogP contribution in [0.1, 0.15) is 5.56 Å². The maximum absolute atomic E-state index is 11.5. The summed E-state index contributed by atoms with van der Waals surface area (Å²) in [5.74, 6) is -1.95. The maximum Gasteiger partial charge on any atom is 0.322 e. The Kier molecular flexibility index (Phi) is 5.56. The SMILES string of the molecule is Cc1c(Cl)cccc1N/C=C(/C#N)C(=O)NCC(=O)O. The van der Waals surface area contributed by atoms with Gasteiger partial charge >= 0.3 is 5.97 Å². The zero-order valence-electron chi connectivity index (χ0n) is 10.6. The number of halogens is 1. The fourth-order valence-electron chi connectivity index (χ4n) is 1.31. The van der Waals surface area contributed by atoms with E-state index in [9.17, 15) is 9.59 Å². The summed E-state index contributed by atoms with van der Waals surface area (Å²) in [5.41, 5.74) is 1.19. The van der Waals surface area contributed by atoms with Crippen molar-refractivity contribution in [1.82, 2.24) is 5.32 Å². The number of carbonyl (C=O) groups is 2. The molecule has 0 aliphatic heterocycles. The van der Waals surface area contributed by atoms with E-state index in [0.29, 0.717) is 10.7 Å². The van der Waals surface area contributed by atoms with Crippen molar-refractivity contribution in [2.45, 2.75) is 6.92 Å². The normalized spacial score (nSPS) is 10.6. The molecule has 0 saturated heterocycles. The third-order valence-electron chi connectivity index (χ3n) is 2.40. The van der Waals surface area contributed by atoms with Crippen LogP contribution in [0.5, 0.6) is 0 Å². The molecule has 1 rings (SSSR count). The van der Waals surface area contributed by atoms with Gasteiger partial charge in [0.1, 0.15) is 18.2 Å². The van der Waals surface area contributed by atoms with Crippen LogP contribution in [0.2, 0.25) is 5.02 Å². The van der Waals surface area contributed by atoms with Crippen LogP contribution in [-0.2, 0) is 9.59 Å². The van der Waals surface area contributed by atoms with Crippen LogP contribution < -0.4 is 10.6 Å². The summed E-state index contributed by atoms with van der Waals surface area (Å²) in [6, 6.07) is 6.87. The minimum atomic E-state index is -1.19. The molecule has 7 heteroatoms. The molecule has 0 radical (unpaired) electrons. The molecule has 0 saturated carbocycles. The Balaban J connectivity index is 2.80. The van der Waals surface area contributed by atoms with Crippen LogP contribution in [-0.4, -0.2) is 23.5 Å². The Labute approximate surface area is 120 Å². The predicted molar refractivity (Wildman–Crippen MR) is 74.2 cm³/mol. The van der Waals surface area contributed by atoms with Gasteiger partial charge in [0.05, 0.1) is 0 Å². The van der Waals surface area contributed by atoms with E-state index in [2.05, 4.69) is 10.6 Å². The lowest BCUT2D eigenvalue weighted by Crippen LogP contribution is -2.30. The smallest absolute Gasteiger partial charge is 0.322 e. The third kappa shape index (κ3) is 4.30. The van der Waals surface area contributed by atoms with Crippen molar-refractivity contribution < 1.29 is 14.7 Å². The van der Waals surface area contributed by atoms with Gasteiger partial charge in [0.2, 0.25) is 0 Å². The molecule has 0 bridgehead atoms. The number of hydrogen-bond donors (Lipinski definition) is 3. The highest BCUT2D eigenvalue weighted by Crippen LogP contribution is 2.22. The highest BCUT2D eigenvalue weighted by molar-refractivity contribution is 6.31. The van der Waals surface area contributed by atoms with Gasteiger partial charge in [-0.1, -0.05) is 17.7 Å². The van der Waals surface area contributed by atoms with Crippen LogP contribution in [0.3, 0.4) is 0 Å². The summed E-state index contributed by atoms with van der Waals surface area (Å²) in [4.78, 5) is 21.8. The number of anilines is 1. The van der Waals surface area contributed by atoms with Gasteiger partial charge in [-0.2, -0.15) is 5.26 Å². The maximum atomic E-state index is 11.5. The molecule has 0 aliphatic carbocycles. The number of rotatable bonds is 5. The van der Waals surface area contributed by atoms with E-state index in [0.717, 1.165) is 5.56 Å². The van der Waals surface area contributed by atoms with Crippen LogP contribution in [0, 0.1) is 18.3 Å². The first-order valence-corrected chi connectivity index (χ1v) is 5.95. The average Bonchev–Trinajstić information content (AvgIpc) is 2.41. The Bertz CT molecular complexity index is 605. The number of aliphatic carboxylic acids is 1. The Morgan fingerprint density at radius 2 is 2.20 bits per heavy atom.